The summed E-state index contributed by atoms with van der Waals surface area (Å²) < 4.78 is 52.6. The maximum absolute atomic E-state index is 13.2. The Bertz CT molecular complexity index is 654. The molecular weight excluding hydrogens is 330 g/mol. The molecule has 0 aromatic heterocycles. The molecule has 0 spiro atoms. The van der Waals surface area contributed by atoms with Crippen LogP contribution >= 0.6 is 0 Å². The Labute approximate surface area is 136 Å². The average Bonchev–Trinajstić information content (AvgIpc) is 2.93. The minimum absolute atomic E-state index is 0.296. The molecule has 1 aliphatic rings. The number of halogens is 4. The van der Waals surface area contributed by atoms with Gasteiger partial charge in [0.15, 0.2) is 5.41 Å². The summed E-state index contributed by atoms with van der Waals surface area (Å²) in [5.74, 6) is -3.10. The molecule has 1 atom stereocenters. The SMILES string of the molecule is CC(C)(C(=O)N1CCC(C(=O)O)(C(F)(F)F)C1)c1ccc(F)cc1. The van der Waals surface area contributed by atoms with Crippen LogP contribution in [0, 0.1) is 11.2 Å². The third-order valence-electron chi connectivity index (χ3n) is 4.61. The largest absolute Gasteiger partial charge is 0.481 e. The molecule has 4 nitrogen and oxygen atoms in total. The lowest BCUT2D eigenvalue weighted by atomic mass is 9.83. The van der Waals surface area contributed by atoms with Crippen LogP contribution in [0.15, 0.2) is 24.3 Å². The fraction of sp³-hybridized carbons (Fsp3) is 0.500. The molecule has 24 heavy (non-hydrogen) atoms. The van der Waals surface area contributed by atoms with Crippen molar-refractivity contribution in [1.29, 1.82) is 0 Å². The third-order valence-corrected chi connectivity index (χ3v) is 4.61. The van der Waals surface area contributed by atoms with Crippen molar-refractivity contribution in [1.82, 2.24) is 4.90 Å². The predicted molar refractivity (Wildman–Crippen MR) is 76.7 cm³/mol. The zero-order valence-corrected chi connectivity index (χ0v) is 13.2. The van der Waals surface area contributed by atoms with Crippen LogP contribution in [0.1, 0.15) is 25.8 Å². The first-order chi connectivity index (χ1) is 10.9. The van der Waals surface area contributed by atoms with Crippen LogP contribution in [-0.4, -0.2) is 41.1 Å². The van der Waals surface area contributed by atoms with Gasteiger partial charge in [0, 0.05) is 13.1 Å². The summed E-state index contributed by atoms with van der Waals surface area (Å²) in [4.78, 5) is 24.8. The minimum Gasteiger partial charge on any atom is -0.481 e. The molecule has 2 rings (SSSR count). The van der Waals surface area contributed by atoms with Gasteiger partial charge in [0.25, 0.3) is 0 Å². The second-order valence-corrected chi connectivity index (χ2v) is 6.49. The molecule has 0 radical (unpaired) electrons. The molecule has 1 aromatic rings. The van der Waals surface area contributed by atoms with E-state index in [1.807, 2.05) is 0 Å². The van der Waals surface area contributed by atoms with Gasteiger partial charge in [-0.3, -0.25) is 9.59 Å². The Kier molecular flexibility index (Phi) is 4.37. The van der Waals surface area contributed by atoms with Crippen LogP contribution in [0.4, 0.5) is 17.6 Å². The van der Waals surface area contributed by atoms with Gasteiger partial charge in [-0.05, 0) is 38.0 Å². The van der Waals surface area contributed by atoms with Gasteiger partial charge >= 0.3 is 12.1 Å². The van der Waals surface area contributed by atoms with Gasteiger partial charge in [-0.15, -0.1) is 0 Å². The Hall–Kier alpha value is -2.12. The summed E-state index contributed by atoms with van der Waals surface area (Å²) >= 11 is 0. The van der Waals surface area contributed by atoms with E-state index in [0.717, 1.165) is 17.0 Å². The van der Waals surface area contributed by atoms with Gasteiger partial charge in [-0.25, -0.2) is 4.39 Å². The van der Waals surface area contributed by atoms with Gasteiger partial charge < -0.3 is 10.0 Å². The summed E-state index contributed by atoms with van der Waals surface area (Å²) in [5, 5.41) is 9.05. The number of benzene rings is 1. The van der Waals surface area contributed by atoms with Crippen molar-refractivity contribution in [3.63, 3.8) is 0 Å². The molecular formula is C16H17F4NO3. The van der Waals surface area contributed by atoms with Gasteiger partial charge in [-0.2, -0.15) is 13.2 Å². The van der Waals surface area contributed by atoms with Crippen LogP contribution in [0.2, 0.25) is 0 Å². The summed E-state index contributed by atoms with van der Waals surface area (Å²) in [6, 6.07) is 5.09. The maximum Gasteiger partial charge on any atom is 0.406 e. The number of nitrogens with zero attached hydrogens (tertiary/aromatic N) is 1. The Morgan fingerprint density at radius 2 is 1.71 bits per heavy atom. The third kappa shape index (κ3) is 2.85. The van der Waals surface area contributed by atoms with E-state index < -0.39 is 47.7 Å². The molecule has 1 saturated heterocycles. The van der Waals surface area contributed by atoms with Crippen molar-refractivity contribution >= 4 is 11.9 Å². The molecule has 1 fully saturated rings. The number of carbonyl (C=O) groups excluding carboxylic acids is 1. The lowest BCUT2D eigenvalue weighted by Gasteiger charge is -2.32. The number of alkyl halides is 3. The van der Waals surface area contributed by atoms with E-state index in [4.69, 9.17) is 5.11 Å². The lowest BCUT2D eigenvalue weighted by Crippen LogP contribution is -2.49. The molecule has 1 unspecified atom stereocenters. The number of carboxylic acid groups (broad SMARTS) is 1. The van der Waals surface area contributed by atoms with Crippen LogP contribution < -0.4 is 0 Å². The summed E-state index contributed by atoms with van der Waals surface area (Å²) in [5.41, 5.74) is -3.70. The van der Waals surface area contributed by atoms with Crippen molar-refractivity contribution in [3.8, 4) is 0 Å². The number of carboxylic acids is 1. The molecule has 0 saturated carbocycles. The highest BCUT2D eigenvalue weighted by atomic mass is 19.4. The second-order valence-electron chi connectivity index (χ2n) is 6.49. The number of carbonyl (C=O) groups is 2. The smallest absolute Gasteiger partial charge is 0.406 e. The van der Waals surface area contributed by atoms with Gasteiger partial charge in [-0.1, -0.05) is 12.1 Å². The molecule has 1 amide bonds. The van der Waals surface area contributed by atoms with Crippen molar-refractivity contribution in [2.24, 2.45) is 5.41 Å². The second kappa shape index (κ2) is 5.75. The van der Waals surface area contributed by atoms with Crippen molar-refractivity contribution in [2.75, 3.05) is 13.1 Å². The monoisotopic (exact) mass is 347 g/mol. The number of rotatable bonds is 3. The van der Waals surface area contributed by atoms with E-state index in [2.05, 4.69) is 0 Å². The first-order valence-corrected chi connectivity index (χ1v) is 7.27. The number of hydrogen-bond acceptors (Lipinski definition) is 2. The summed E-state index contributed by atoms with van der Waals surface area (Å²) in [7, 11) is 0. The molecule has 0 bridgehead atoms. The molecule has 132 valence electrons. The molecule has 1 N–H and O–H groups in total. The highest BCUT2D eigenvalue weighted by Crippen LogP contribution is 2.46. The first-order valence-electron chi connectivity index (χ1n) is 7.27. The van der Waals surface area contributed by atoms with E-state index in [0.29, 0.717) is 5.56 Å². The number of amides is 1. The zero-order chi connectivity index (χ0) is 18.3. The first kappa shape index (κ1) is 18.2. The van der Waals surface area contributed by atoms with Crippen LogP contribution in [-0.2, 0) is 15.0 Å². The standard InChI is InChI=1S/C16H17F4NO3/c1-14(2,10-3-5-11(17)6-4-10)12(22)21-8-7-15(9-21,13(23)24)16(18,19)20/h3-6H,7-9H2,1-2H3,(H,23,24). The minimum atomic E-state index is -4.95. The number of hydrogen-bond donors (Lipinski definition) is 1. The average molecular weight is 347 g/mol. The Balaban J connectivity index is 2.28. The quantitative estimate of drug-likeness (QED) is 0.856. The Morgan fingerprint density at radius 1 is 1.17 bits per heavy atom. The lowest BCUT2D eigenvalue weighted by molar-refractivity contribution is -0.227. The molecule has 8 heteroatoms. The van der Waals surface area contributed by atoms with Crippen LogP contribution in [0.25, 0.3) is 0 Å². The zero-order valence-electron chi connectivity index (χ0n) is 13.2. The number of likely N-dealkylation sites (tertiary alicyclic amines) is 1. The van der Waals surface area contributed by atoms with Crippen LogP contribution in [0.5, 0.6) is 0 Å². The van der Waals surface area contributed by atoms with Gasteiger partial charge in [0.05, 0.1) is 5.41 Å². The van der Waals surface area contributed by atoms with E-state index in [9.17, 15) is 27.2 Å². The molecule has 1 aromatic carbocycles. The molecule has 0 aliphatic carbocycles. The van der Waals surface area contributed by atoms with Gasteiger partial charge in [0.2, 0.25) is 5.91 Å². The van der Waals surface area contributed by atoms with E-state index in [-0.39, 0.29) is 6.54 Å². The predicted octanol–water partition coefficient (Wildman–Crippen LogP) is 2.97. The normalized spacial score (nSPS) is 21.8. The highest BCUT2D eigenvalue weighted by Gasteiger charge is 2.64. The van der Waals surface area contributed by atoms with Gasteiger partial charge in [0.1, 0.15) is 5.82 Å². The van der Waals surface area contributed by atoms with Crippen molar-refractivity contribution in [2.45, 2.75) is 31.9 Å². The fourth-order valence-corrected chi connectivity index (χ4v) is 2.90. The topological polar surface area (TPSA) is 57.6 Å². The van der Waals surface area contributed by atoms with Crippen LogP contribution in [0.3, 0.4) is 0 Å². The van der Waals surface area contributed by atoms with Crippen molar-refractivity contribution < 1.29 is 32.3 Å². The Morgan fingerprint density at radius 3 is 2.12 bits per heavy atom. The van der Waals surface area contributed by atoms with E-state index in [1.165, 1.54) is 26.0 Å². The fourth-order valence-electron chi connectivity index (χ4n) is 2.90. The van der Waals surface area contributed by atoms with Crippen molar-refractivity contribution in [3.05, 3.63) is 35.6 Å². The molecule has 1 heterocycles. The maximum atomic E-state index is 13.2. The van der Waals surface area contributed by atoms with E-state index >= 15 is 0 Å². The van der Waals surface area contributed by atoms with E-state index in [1.54, 1.807) is 0 Å². The summed E-state index contributed by atoms with van der Waals surface area (Å²) in [6.07, 6.45) is -5.63. The highest BCUT2D eigenvalue weighted by molar-refractivity contribution is 5.89. The number of aliphatic carboxylic acids is 1. The molecule has 1 aliphatic heterocycles. The summed E-state index contributed by atoms with van der Waals surface area (Å²) in [6.45, 7) is 1.80.